The van der Waals surface area contributed by atoms with Crippen LogP contribution < -0.4 is 9.64 Å². The van der Waals surface area contributed by atoms with Gasteiger partial charge in [-0.3, -0.25) is 14.9 Å². The number of nitro groups is 1. The minimum atomic E-state index is -0.402. The molecule has 0 spiro atoms. The number of amides is 1. The summed E-state index contributed by atoms with van der Waals surface area (Å²) in [5.74, 6) is 0.930. The fourth-order valence-corrected chi connectivity index (χ4v) is 3.51. The minimum absolute atomic E-state index is 0.0858. The van der Waals surface area contributed by atoms with Gasteiger partial charge in [-0.1, -0.05) is 22.0 Å². The molecule has 8 heteroatoms. The Balaban J connectivity index is 1.39. The standard InChI is InChI=1S/C20H22BrN3O4/c21-16-3-1-4-19(15-16)28-14-2-5-20(25)23-12-10-22(11-13-23)17-6-8-18(9-7-17)24(26)27/h1,3-4,6-9,15H,2,5,10-14H2. The molecule has 0 N–H and O–H groups in total. The lowest BCUT2D eigenvalue weighted by molar-refractivity contribution is -0.384. The molecule has 148 valence electrons. The lowest BCUT2D eigenvalue weighted by atomic mass is 10.2. The monoisotopic (exact) mass is 447 g/mol. The van der Waals surface area contributed by atoms with Crippen molar-refractivity contribution in [2.45, 2.75) is 12.8 Å². The molecule has 7 nitrogen and oxygen atoms in total. The summed E-state index contributed by atoms with van der Waals surface area (Å²) in [7, 11) is 0. The molecule has 1 heterocycles. The van der Waals surface area contributed by atoms with Gasteiger partial charge in [0.25, 0.3) is 5.69 Å². The molecule has 2 aromatic rings. The maximum absolute atomic E-state index is 12.4. The van der Waals surface area contributed by atoms with Crippen molar-refractivity contribution in [3.05, 3.63) is 63.1 Å². The molecule has 0 radical (unpaired) electrons. The van der Waals surface area contributed by atoms with E-state index >= 15 is 0 Å². The van der Waals surface area contributed by atoms with Gasteiger partial charge >= 0.3 is 0 Å². The zero-order valence-electron chi connectivity index (χ0n) is 15.4. The molecular formula is C20H22BrN3O4. The number of non-ortho nitro benzene ring substituents is 1. The van der Waals surface area contributed by atoms with Crippen molar-refractivity contribution in [1.82, 2.24) is 4.90 Å². The largest absolute Gasteiger partial charge is 0.494 e. The van der Waals surface area contributed by atoms with Gasteiger partial charge in [0.1, 0.15) is 5.75 Å². The van der Waals surface area contributed by atoms with Gasteiger partial charge in [0.15, 0.2) is 0 Å². The Hall–Kier alpha value is -2.61. The summed E-state index contributed by atoms with van der Waals surface area (Å²) in [6, 6.07) is 14.2. The van der Waals surface area contributed by atoms with Gasteiger partial charge in [-0.05, 0) is 36.8 Å². The number of anilines is 1. The number of nitrogens with zero attached hydrogens (tertiary/aromatic N) is 3. The number of carbonyl (C=O) groups is 1. The number of carbonyl (C=O) groups excluding carboxylic acids is 1. The Kier molecular flexibility index (Phi) is 6.86. The first-order valence-corrected chi connectivity index (χ1v) is 9.98. The van der Waals surface area contributed by atoms with Crippen molar-refractivity contribution < 1.29 is 14.5 Å². The maximum atomic E-state index is 12.4. The normalized spacial score (nSPS) is 14.0. The number of halogens is 1. The van der Waals surface area contributed by atoms with Gasteiger partial charge in [-0.15, -0.1) is 0 Å². The summed E-state index contributed by atoms with van der Waals surface area (Å²) in [4.78, 5) is 26.8. The highest BCUT2D eigenvalue weighted by molar-refractivity contribution is 9.10. The Morgan fingerprint density at radius 1 is 1.11 bits per heavy atom. The molecule has 1 amide bonds. The number of nitro benzene ring substituents is 1. The molecular weight excluding hydrogens is 426 g/mol. The predicted molar refractivity (Wildman–Crippen MR) is 111 cm³/mol. The second-order valence-corrected chi connectivity index (χ2v) is 7.47. The van der Waals surface area contributed by atoms with Crippen LogP contribution in [0.1, 0.15) is 12.8 Å². The van der Waals surface area contributed by atoms with Gasteiger partial charge in [0.05, 0.1) is 11.5 Å². The van der Waals surface area contributed by atoms with E-state index in [1.54, 1.807) is 12.1 Å². The van der Waals surface area contributed by atoms with E-state index in [1.165, 1.54) is 12.1 Å². The third kappa shape index (κ3) is 5.45. The fraction of sp³-hybridized carbons (Fsp3) is 0.350. The number of hydrogen-bond donors (Lipinski definition) is 0. The SMILES string of the molecule is O=C(CCCOc1cccc(Br)c1)N1CCN(c2ccc([N+](=O)[O-])cc2)CC1. The number of ether oxygens (including phenoxy) is 1. The molecule has 0 atom stereocenters. The molecule has 3 rings (SSSR count). The van der Waals surface area contributed by atoms with Crippen LogP contribution in [-0.4, -0.2) is 48.5 Å². The summed E-state index contributed by atoms with van der Waals surface area (Å²) in [6.45, 7) is 3.26. The third-order valence-corrected chi connectivity index (χ3v) is 5.15. The number of hydrogen-bond acceptors (Lipinski definition) is 5. The molecule has 0 bridgehead atoms. The van der Waals surface area contributed by atoms with Crippen LogP contribution in [0.25, 0.3) is 0 Å². The van der Waals surface area contributed by atoms with Crippen LogP contribution in [0, 0.1) is 10.1 Å². The van der Waals surface area contributed by atoms with Crippen LogP contribution >= 0.6 is 15.9 Å². The Bertz CT molecular complexity index is 820. The molecule has 0 unspecified atom stereocenters. The molecule has 1 aliphatic heterocycles. The van der Waals surface area contributed by atoms with Crippen molar-refractivity contribution >= 4 is 33.2 Å². The molecule has 28 heavy (non-hydrogen) atoms. The van der Waals surface area contributed by atoms with Crippen molar-refractivity contribution in [3.63, 3.8) is 0 Å². The van der Waals surface area contributed by atoms with Crippen LogP contribution in [-0.2, 0) is 4.79 Å². The number of piperazine rings is 1. The summed E-state index contributed by atoms with van der Waals surface area (Å²) in [5, 5.41) is 10.7. The lowest BCUT2D eigenvalue weighted by Gasteiger charge is -2.36. The highest BCUT2D eigenvalue weighted by atomic mass is 79.9. The van der Waals surface area contributed by atoms with Crippen LogP contribution in [0.2, 0.25) is 0 Å². The van der Waals surface area contributed by atoms with Crippen molar-refractivity contribution in [1.29, 1.82) is 0 Å². The predicted octanol–water partition coefficient (Wildman–Crippen LogP) is 3.87. The van der Waals surface area contributed by atoms with E-state index in [2.05, 4.69) is 20.8 Å². The Labute approximate surface area is 172 Å². The maximum Gasteiger partial charge on any atom is 0.269 e. The smallest absolute Gasteiger partial charge is 0.269 e. The van der Waals surface area contributed by atoms with Crippen molar-refractivity contribution in [2.24, 2.45) is 0 Å². The highest BCUT2D eigenvalue weighted by Crippen LogP contribution is 2.21. The zero-order chi connectivity index (χ0) is 19.9. The van der Waals surface area contributed by atoms with Crippen LogP contribution in [0.4, 0.5) is 11.4 Å². The second-order valence-electron chi connectivity index (χ2n) is 6.55. The summed E-state index contributed by atoms with van der Waals surface area (Å²) in [6.07, 6.45) is 1.14. The van der Waals surface area contributed by atoms with Crippen LogP contribution in [0.5, 0.6) is 5.75 Å². The summed E-state index contributed by atoms with van der Waals surface area (Å²) >= 11 is 3.40. The minimum Gasteiger partial charge on any atom is -0.494 e. The Morgan fingerprint density at radius 3 is 2.46 bits per heavy atom. The van der Waals surface area contributed by atoms with Gasteiger partial charge in [-0.25, -0.2) is 0 Å². The molecule has 0 saturated carbocycles. The molecule has 0 aromatic heterocycles. The average molecular weight is 448 g/mol. The van der Waals surface area contributed by atoms with Crippen LogP contribution in [0.15, 0.2) is 53.0 Å². The van der Waals surface area contributed by atoms with Crippen molar-refractivity contribution in [2.75, 3.05) is 37.7 Å². The van der Waals surface area contributed by atoms with E-state index in [9.17, 15) is 14.9 Å². The van der Waals surface area contributed by atoms with E-state index in [-0.39, 0.29) is 11.6 Å². The second kappa shape index (κ2) is 9.54. The molecule has 1 saturated heterocycles. The van der Waals surface area contributed by atoms with E-state index < -0.39 is 4.92 Å². The topological polar surface area (TPSA) is 75.9 Å². The van der Waals surface area contributed by atoms with E-state index in [0.29, 0.717) is 32.5 Å². The lowest BCUT2D eigenvalue weighted by Crippen LogP contribution is -2.48. The zero-order valence-corrected chi connectivity index (χ0v) is 17.0. The molecule has 1 aliphatic rings. The molecule has 1 fully saturated rings. The number of benzene rings is 2. The average Bonchev–Trinajstić information content (AvgIpc) is 2.71. The van der Waals surface area contributed by atoms with Gasteiger partial charge in [-0.2, -0.15) is 0 Å². The summed E-state index contributed by atoms with van der Waals surface area (Å²) < 4.78 is 6.63. The summed E-state index contributed by atoms with van der Waals surface area (Å²) in [5.41, 5.74) is 1.03. The quantitative estimate of drug-likeness (QED) is 0.365. The van der Waals surface area contributed by atoms with Gasteiger partial charge < -0.3 is 14.5 Å². The van der Waals surface area contributed by atoms with Gasteiger partial charge in [0.2, 0.25) is 5.91 Å². The fourth-order valence-electron chi connectivity index (χ4n) is 3.13. The molecule has 0 aliphatic carbocycles. The van der Waals surface area contributed by atoms with E-state index in [1.807, 2.05) is 29.2 Å². The molecule has 2 aromatic carbocycles. The number of rotatable bonds is 7. The third-order valence-electron chi connectivity index (χ3n) is 4.66. The van der Waals surface area contributed by atoms with Crippen LogP contribution in [0.3, 0.4) is 0 Å². The van der Waals surface area contributed by atoms with E-state index in [4.69, 9.17) is 4.74 Å². The van der Waals surface area contributed by atoms with E-state index in [0.717, 1.165) is 29.0 Å². The Morgan fingerprint density at radius 2 is 1.82 bits per heavy atom. The highest BCUT2D eigenvalue weighted by Gasteiger charge is 2.21. The first-order valence-electron chi connectivity index (χ1n) is 9.18. The first-order chi connectivity index (χ1) is 13.5. The van der Waals surface area contributed by atoms with Crippen molar-refractivity contribution in [3.8, 4) is 5.75 Å². The first kappa shape index (κ1) is 20.1. The van der Waals surface area contributed by atoms with Gasteiger partial charge in [0, 0.05) is 54.9 Å².